The number of aliphatic hydroxyl groups is 1. The van der Waals surface area contributed by atoms with Crippen LogP contribution in [0.2, 0.25) is 5.02 Å². The summed E-state index contributed by atoms with van der Waals surface area (Å²) >= 11 is 6.09. The first-order chi connectivity index (χ1) is 8.72. The van der Waals surface area contributed by atoms with E-state index in [0.717, 1.165) is 25.9 Å². The second kappa shape index (κ2) is 6.17. The van der Waals surface area contributed by atoms with Crippen LogP contribution in [0.15, 0.2) is 6.33 Å². The largest absolute Gasteiger partial charge is 0.394 e. The Morgan fingerprint density at radius 1 is 1.44 bits per heavy atom. The lowest BCUT2D eigenvalue weighted by Crippen LogP contribution is -2.38. The summed E-state index contributed by atoms with van der Waals surface area (Å²) in [5, 5.41) is 9.12. The van der Waals surface area contributed by atoms with Crippen molar-refractivity contribution in [3.8, 4) is 0 Å². The number of nitrogens with zero attached hydrogens (tertiary/aromatic N) is 3. The molecule has 0 radical (unpaired) electrons. The van der Waals surface area contributed by atoms with E-state index in [0.29, 0.717) is 23.3 Å². The zero-order chi connectivity index (χ0) is 13.0. The predicted octanol–water partition coefficient (Wildman–Crippen LogP) is 0.690. The summed E-state index contributed by atoms with van der Waals surface area (Å²) in [7, 11) is 0. The molecule has 1 aromatic rings. The average molecular weight is 273 g/mol. The van der Waals surface area contributed by atoms with Crippen molar-refractivity contribution in [1.82, 2.24) is 9.97 Å². The number of nitrogen functional groups attached to an aromatic ring is 1. The number of anilines is 2. The number of hydrogen-bond acceptors (Lipinski definition) is 6. The monoisotopic (exact) mass is 272 g/mol. The Hall–Kier alpha value is -1.11. The van der Waals surface area contributed by atoms with E-state index in [2.05, 4.69) is 14.9 Å². The van der Waals surface area contributed by atoms with Gasteiger partial charge in [-0.25, -0.2) is 9.97 Å². The molecule has 18 heavy (non-hydrogen) atoms. The van der Waals surface area contributed by atoms with Crippen LogP contribution in [-0.2, 0) is 4.74 Å². The summed E-state index contributed by atoms with van der Waals surface area (Å²) < 4.78 is 5.50. The van der Waals surface area contributed by atoms with E-state index in [4.69, 9.17) is 27.2 Å². The summed E-state index contributed by atoms with van der Waals surface area (Å²) in [5.41, 5.74) is 5.66. The fourth-order valence-corrected chi connectivity index (χ4v) is 2.26. The highest BCUT2D eigenvalue weighted by molar-refractivity contribution is 6.35. The molecule has 3 N–H and O–H groups in total. The minimum atomic E-state index is 0.0640. The summed E-state index contributed by atoms with van der Waals surface area (Å²) in [5.74, 6) is 0.991. The van der Waals surface area contributed by atoms with Crippen LogP contribution in [0.1, 0.15) is 12.8 Å². The van der Waals surface area contributed by atoms with Gasteiger partial charge in [0, 0.05) is 13.1 Å². The first-order valence-electron chi connectivity index (χ1n) is 5.95. The molecular weight excluding hydrogens is 256 g/mol. The maximum absolute atomic E-state index is 8.71. The number of aromatic nitrogens is 2. The molecule has 1 aliphatic heterocycles. The number of rotatable bonds is 4. The van der Waals surface area contributed by atoms with Gasteiger partial charge in [-0.1, -0.05) is 11.6 Å². The fourth-order valence-electron chi connectivity index (χ4n) is 2.05. The number of halogens is 1. The van der Waals surface area contributed by atoms with Gasteiger partial charge in [0.25, 0.3) is 0 Å². The lowest BCUT2D eigenvalue weighted by Gasteiger charge is -2.33. The minimum absolute atomic E-state index is 0.0640. The molecule has 1 fully saturated rings. The summed E-state index contributed by atoms with van der Waals surface area (Å²) in [4.78, 5) is 10.1. The second-order valence-corrected chi connectivity index (χ2v) is 4.56. The molecule has 0 amide bonds. The molecular formula is C11H17ClN4O2. The van der Waals surface area contributed by atoms with E-state index in [1.54, 1.807) is 0 Å². The van der Waals surface area contributed by atoms with Crippen LogP contribution in [0.25, 0.3) is 0 Å². The summed E-state index contributed by atoms with van der Waals surface area (Å²) in [6.07, 6.45) is 3.40. The average Bonchev–Trinajstić information content (AvgIpc) is 2.40. The van der Waals surface area contributed by atoms with E-state index >= 15 is 0 Å². The van der Waals surface area contributed by atoms with Gasteiger partial charge in [-0.2, -0.15) is 0 Å². The smallest absolute Gasteiger partial charge is 0.153 e. The Labute approximate surface area is 111 Å². The molecule has 0 aliphatic carbocycles. The van der Waals surface area contributed by atoms with E-state index in [1.165, 1.54) is 6.33 Å². The Bertz CT molecular complexity index is 397. The molecule has 0 spiro atoms. The van der Waals surface area contributed by atoms with E-state index in [9.17, 15) is 0 Å². The van der Waals surface area contributed by atoms with Crippen molar-refractivity contribution < 1.29 is 9.84 Å². The van der Waals surface area contributed by atoms with E-state index in [1.807, 2.05) is 0 Å². The van der Waals surface area contributed by atoms with Crippen molar-refractivity contribution in [2.75, 3.05) is 36.9 Å². The fraction of sp³-hybridized carbons (Fsp3) is 0.636. The molecule has 2 heterocycles. The van der Waals surface area contributed by atoms with Gasteiger partial charge in [-0.05, 0) is 12.8 Å². The number of nitrogens with two attached hydrogens (primary N) is 1. The Morgan fingerprint density at radius 3 is 2.83 bits per heavy atom. The Morgan fingerprint density at radius 2 is 2.17 bits per heavy atom. The van der Waals surface area contributed by atoms with Crippen molar-refractivity contribution in [2.24, 2.45) is 0 Å². The maximum Gasteiger partial charge on any atom is 0.153 e. The number of hydrogen-bond donors (Lipinski definition) is 2. The highest BCUT2D eigenvalue weighted by Gasteiger charge is 2.22. The van der Waals surface area contributed by atoms with Crippen molar-refractivity contribution >= 4 is 23.2 Å². The van der Waals surface area contributed by atoms with E-state index < -0.39 is 0 Å². The molecule has 7 heteroatoms. The number of aliphatic hydroxyl groups excluding tert-OH is 1. The topological polar surface area (TPSA) is 84.5 Å². The third-order valence-electron chi connectivity index (χ3n) is 2.98. The van der Waals surface area contributed by atoms with Crippen molar-refractivity contribution in [2.45, 2.75) is 18.9 Å². The first kappa shape index (κ1) is 13.3. The Balaban J connectivity index is 1.95. The Kier molecular flexibility index (Phi) is 4.57. The van der Waals surface area contributed by atoms with Crippen LogP contribution in [0.3, 0.4) is 0 Å². The zero-order valence-electron chi connectivity index (χ0n) is 10.0. The second-order valence-electron chi connectivity index (χ2n) is 4.18. The van der Waals surface area contributed by atoms with Gasteiger partial charge in [-0.3, -0.25) is 0 Å². The molecule has 0 unspecified atom stereocenters. The van der Waals surface area contributed by atoms with Gasteiger partial charge in [0.05, 0.1) is 19.3 Å². The zero-order valence-corrected chi connectivity index (χ0v) is 10.8. The molecule has 1 saturated heterocycles. The molecule has 0 aromatic carbocycles. The van der Waals surface area contributed by atoms with Gasteiger partial charge < -0.3 is 20.5 Å². The minimum Gasteiger partial charge on any atom is -0.394 e. The van der Waals surface area contributed by atoms with Gasteiger partial charge in [0.2, 0.25) is 0 Å². The van der Waals surface area contributed by atoms with Gasteiger partial charge in [0.15, 0.2) is 5.82 Å². The van der Waals surface area contributed by atoms with Crippen LogP contribution in [0.4, 0.5) is 11.6 Å². The lowest BCUT2D eigenvalue weighted by atomic mass is 10.1. The summed E-state index contributed by atoms with van der Waals surface area (Å²) in [6, 6.07) is 0. The molecule has 100 valence electrons. The summed E-state index contributed by atoms with van der Waals surface area (Å²) in [6.45, 7) is 2.08. The third-order valence-corrected chi connectivity index (χ3v) is 3.35. The van der Waals surface area contributed by atoms with Crippen LogP contribution >= 0.6 is 11.6 Å². The predicted molar refractivity (Wildman–Crippen MR) is 69.7 cm³/mol. The molecule has 1 aliphatic rings. The highest BCUT2D eigenvalue weighted by atomic mass is 35.5. The first-order valence-corrected chi connectivity index (χ1v) is 6.33. The van der Waals surface area contributed by atoms with Gasteiger partial charge >= 0.3 is 0 Å². The van der Waals surface area contributed by atoms with Crippen LogP contribution < -0.4 is 10.6 Å². The maximum atomic E-state index is 8.71. The van der Waals surface area contributed by atoms with Crippen molar-refractivity contribution in [3.63, 3.8) is 0 Å². The van der Waals surface area contributed by atoms with Crippen LogP contribution in [0, 0.1) is 0 Å². The molecule has 1 aromatic heterocycles. The normalized spacial score (nSPS) is 17.1. The molecule has 0 bridgehead atoms. The van der Waals surface area contributed by atoms with Crippen molar-refractivity contribution in [1.29, 1.82) is 0 Å². The van der Waals surface area contributed by atoms with Crippen LogP contribution in [0.5, 0.6) is 0 Å². The number of ether oxygens (including phenoxy) is 1. The van der Waals surface area contributed by atoms with Gasteiger partial charge in [-0.15, -0.1) is 0 Å². The highest BCUT2D eigenvalue weighted by Crippen LogP contribution is 2.29. The number of piperidine rings is 1. The van der Waals surface area contributed by atoms with Crippen LogP contribution in [-0.4, -0.2) is 47.5 Å². The molecule has 2 rings (SSSR count). The standard InChI is InChI=1S/C11H17ClN4O2/c12-9-10(13)14-7-15-11(9)16-3-1-8(2-4-16)18-6-5-17/h7-8,17H,1-6H2,(H2,13,14,15). The van der Waals surface area contributed by atoms with Gasteiger partial charge in [0.1, 0.15) is 17.2 Å². The quantitative estimate of drug-likeness (QED) is 0.839. The molecule has 6 nitrogen and oxygen atoms in total. The molecule has 0 saturated carbocycles. The third kappa shape index (κ3) is 3.01. The molecule has 0 atom stereocenters. The van der Waals surface area contributed by atoms with E-state index in [-0.39, 0.29) is 12.7 Å². The lowest BCUT2D eigenvalue weighted by molar-refractivity contribution is 0.0158. The SMILES string of the molecule is Nc1ncnc(N2CCC(OCCO)CC2)c1Cl. The van der Waals surface area contributed by atoms with Crippen molar-refractivity contribution in [3.05, 3.63) is 11.3 Å².